The van der Waals surface area contributed by atoms with Crippen molar-refractivity contribution in [3.8, 4) is 0 Å². The van der Waals surface area contributed by atoms with Crippen LogP contribution in [0.4, 0.5) is 0 Å². The third-order valence-corrected chi connectivity index (χ3v) is 4.15. The van der Waals surface area contributed by atoms with Gasteiger partial charge in [0.05, 0.1) is 0 Å². The first-order valence-corrected chi connectivity index (χ1v) is 8.32. The summed E-state index contributed by atoms with van der Waals surface area (Å²) in [5.74, 6) is -0.400. The van der Waals surface area contributed by atoms with Crippen LogP contribution in [0.2, 0.25) is 5.02 Å². The van der Waals surface area contributed by atoms with Crippen LogP contribution in [0.25, 0.3) is 0 Å². The highest BCUT2D eigenvalue weighted by molar-refractivity contribution is 6.30. The molecule has 1 aromatic carbocycles. The highest BCUT2D eigenvalue weighted by atomic mass is 35.5. The van der Waals surface area contributed by atoms with Gasteiger partial charge >= 0.3 is 0 Å². The third-order valence-electron chi connectivity index (χ3n) is 3.92. The Hall–Kier alpha value is -1.55. The van der Waals surface area contributed by atoms with E-state index in [1.54, 1.807) is 0 Å². The topological polar surface area (TPSA) is 58.2 Å². The Morgan fingerprint density at radius 1 is 1.14 bits per heavy atom. The fourth-order valence-corrected chi connectivity index (χ4v) is 2.99. The van der Waals surface area contributed by atoms with Gasteiger partial charge in [0, 0.05) is 17.6 Å². The van der Waals surface area contributed by atoms with Crippen molar-refractivity contribution in [2.45, 2.75) is 51.0 Å². The summed E-state index contributed by atoms with van der Waals surface area (Å²) >= 11 is 5.91. The van der Waals surface area contributed by atoms with E-state index in [1.807, 2.05) is 24.3 Å². The number of carbonyl (C=O) groups excluding carboxylic acids is 2. The molecule has 5 heteroatoms. The maximum absolute atomic E-state index is 11.8. The van der Waals surface area contributed by atoms with Gasteiger partial charge < -0.3 is 10.6 Å². The summed E-state index contributed by atoms with van der Waals surface area (Å²) in [5.41, 5.74) is 1.07. The summed E-state index contributed by atoms with van der Waals surface area (Å²) in [7, 11) is 0. The zero-order valence-electron chi connectivity index (χ0n) is 12.7. The van der Waals surface area contributed by atoms with Gasteiger partial charge in [0.1, 0.15) is 6.42 Å². The van der Waals surface area contributed by atoms with E-state index in [0.717, 1.165) is 31.2 Å². The Balaban J connectivity index is 1.63. The van der Waals surface area contributed by atoms with Crippen molar-refractivity contribution >= 4 is 23.4 Å². The molecule has 1 saturated carbocycles. The molecule has 0 heterocycles. The van der Waals surface area contributed by atoms with Gasteiger partial charge in [0.15, 0.2) is 0 Å². The summed E-state index contributed by atoms with van der Waals surface area (Å²) in [6.07, 6.45) is 6.25. The molecule has 0 bridgehead atoms. The number of carbonyl (C=O) groups is 2. The second-order valence-electron chi connectivity index (χ2n) is 5.81. The van der Waals surface area contributed by atoms with Crippen LogP contribution >= 0.6 is 11.6 Å². The average Bonchev–Trinajstić information content (AvgIpc) is 2.48. The van der Waals surface area contributed by atoms with E-state index in [-0.39, 0.29) is 24.3 Å². The molecule has 1 aliphatic rings. The number of hydrogen-bond donors (Lipinski definition) is 2. The lowest BCUT2D eigenvalue weighted by molar-refractivity contribution is -0.129. The molecule has 0 aromatic heterocycles. The normalized spacial score (nSPS) is 15.3. The first kappa shape index (κ1) is 16.8. The molecular weight excluding hydrogens is 300 g/mol. The van der Waals surface area contributed by atoms with Crippen LogP contribution in [-0.4, -0.2) is 24.4 Å². The molecule has 1 fully saturated rings. The van der Waals surface area contributed by atoms with Crippen molar-refractivity contribution in [3.63, 3.8) is 0 Å². The van der Waals surface area contributed by atoms with Crippen LogP contribution in [-0.2, 0) is 16.0 Å². The largest absolute Gasteiger partial charge is 0.355 e. The number of hydrogen-bond acceptors (Lipinski definition) is 2. The highest BCUT2D eigenvalue weighted by Crippen LogP contribution is 2.17. The molecule has 2 N–H and O–H groups in total. The van der Waals surface area contributed by atoms with E-state index in [9.17, 15) is 9.59 Å². The number of amides is 2. The Labute approximate surface area is 136 Å². The van der Waals surface area contributed by atoms with E-state index in [2.05, 4.69) is 10.6 Å². The van der Waals surface area contributed by atoms with E-state index >= 15 is 0 Å². The molecule has 4 nitrogen and oxygen atoms in total. The van der Waals surface area contributed by atoms with Crippen molar-refractivity contribution in [1.29, 1.82) is 0 Å². The Bertz CT molecular complexity index is 513. The Kier molecular flexibility index (Phi) is 6.72. The minimum atomic E-state index is -0.227. The first-order chi connectivity index (χ1) is 10.6. The molecule has 0 unspecified atom stereocenters. The molecule has 1 aromatic rings. The summed E-state index contributed by atoms with van der Waals surface area (Å²) in [6, 6.07) is 7.80. The second kappa shape index (κ2) is 8.79. The number of halogens is 1. The quantitative estimate of drug-likeness (QED) is 0.791. The van der Waals surface area contributed by atoms with Gasteiger partial charge in [-0.15, -0.1) is 0 Å². The van der Waals surface area contributed by atoms with E-state index in [4.69, 9.17) is 11.6 Å². The standard InChI is InChI=1S/C17H23ClN2O2/c18-14-6-4-5-13(11-14)9-10-19-16(21)12-17(22)20-15-7-2-1-3-8-15/h4-6,11,15H,1-3,7-10,12H2,(H,19,21)(H,20,22). The smallest absolute Gasteiger partial charge is 0.229 e. The van der Waals surface area contributed by atoms with E-state index < -0.39 is 0 Å². The predicted molar refractivity (Wildman–Crippen MR) is 87.8 cm³/mol. The van der Waals surface area contributed by atoms with Gasteiger partial charge in [-0.3, -0.25) is 9.59 Å². The number of nitrogens with one attached hydrogen (secondary N) is 2. The molecule has 0 spiro atoms. The van der Waals surface area contributed by atoms with Gasteiger partial charge in [-0.25, -0.2) is 0 Å². The maximum Gasteiger partial charge on any atom is 0.229 e. The molecule has 0 radical (unpaired) electrons. The lowest BCUT2D eigenvalue weighted by Gasteiger charge is -2.22. The van der Waals surface area contributed by atoms with Crippen LogP contribution in [0.15, 0.2) is 24.3 Å². The van der Waals surface area contributed by atoms with Crippen molar-refractivity contribution in [3.05, 3.63) is 34.9 Å². The van der Waals surface area contributed by atoms with Crippen LogP contribution in [0, 0.1) is 0 Å². The molecule has 0 atom stereocenters. The zero-order valence-corrected chi connectivity index (χ0v) is 13.5. The van der Waals surface area contributed by atoms with Gasteiger partial charge in [0.25, 0.3) is 0 Å². The summed E-state index contributed by atoms with van der Waals surface area (Å²) in [5, 5.41) is 6.41. The maximum atomic E-state index is 11.8. The van der Waals surface area contributed by atoms with Gasteiger partial charge in [-0.05, 0) is 37.0 Å². The molecule has 1 aliphatic carbocycles. The Morgan fingerprint density at radius 2 is 1.91 bits per heavy atom. The molecule has 2 rings (SSSR count). The number of benzene rings is 1. The molecular formula is C17H23ClN2O2. The molecule has 120 valence electrons. The van der Waals surface area contributed by atoms with Gasteiger partial charge in [-0.1, -0.05) is 43.0 Å². The monoisotopic (exact) mass is 322 g/mol. The van der Waals surface area contributed by atoms with Gasteiger partial charge in [-0.2, -0.15) is 0 Å². The summed E-state index contributed by atoms with van der Waals surface area (Å²) in [6.45, 7) is 0.510. The first-order valence-electron chi connectivity index (χ1n) is 7.94. The fourth-order valence-electron chi connectivity index (χ4n) is 2.77. The lowest BCUT2D eigenvalue weighted by atomic mass is 9.95. The molecule has 22 heavy (non-hydrogen) atoms. The van der Waals surface area contributed by atoms with E-state index in [0.29, 0.717) is 18.0 Å². The van der Waals surface area contributed by atoms with Crippen molar-refractivity contribution in [2.24, 2.45) is 0 Å². The molecule has 0 aliphatic heterocycles. The van der Waals surface area contributed by atoms with Crippen LogP contribution < -0.4 is 10.6 Å². The highest BCUT2D eigenvalue weighted by Gasteiger charge is 2.17. The fraction of sp³-hybridized carbons (Fsp3) is 0.529. The summed E-state index contributed by atoms with van der Waals surface area (Å²) < 4.78 is 0. The minimum Gasteiger partial charge on any atom is -0.355 e. The van der Waals surface area contributed by atoms with E-state index in [1.165, 1.54) is 6.42 Å². The van der Waals surface area contributed by atoms with Gasteiger partial charge in [0.2, 0.25) is 11.8 Å². The Morgan fingerprint density at radius 3 is 2.64 bits per heavy atom. The number of rotatable bonds is 6. The van der Waals surface area contributed by atoms with Crippen LogP contribution in [0.5, 0.6) is 0 Å². The predicted octanol–water partition coefficient (Wildman–Crippen LogP) is 2.84. The van der Waals surface area contributed by atoms with Crippen molar-refractivity contribution < 1.29 is 9.59 Å². The van der Waals surface area contributed by atoms with Crippen LogP contribution in [0.1, 0.15) is 44.1 Å². The molecule has 0 saturated heterocycles. The van der Waals surface area contributed by atoms with Crippen molar-refractivity contribution in [1.82, 2.24) is 10.6 Å². The summed E-state index contributed by atoms with van der Waals surface area (Å²) in [4.78, 5) is 23.6. The van der Waals surface area contributed by atoms with Crippen LogP contribution in [0.3, 0.4) is 0 Å². The minimum absolute atomic E-state index is 0.0912. The molecule has 2 amide bonds. The zero-order chi connectivity index (χ0) is 15.8. The van der Waals surface area contributed by atoms with Crippen molar-refractivity contribution in [2.75, 3.05) is 6.54 Å². The average molecular weight is 323 g/mol. The second-order valence-corrected chi connectivity index (χ2v) is 6.25. The third kappa shape index (κ3) is 6.06. The lowest BCUT2D eigenvalue weighted by Crippen LogP contribution is -2.39. The SMILES string of the molecule is O=C(CC(=O)NC1CCCCC1)NCCc1cccc(Cl)c1.